The highest BCUT2D eigenvalue weighted by Crippen LogP contribution is 2.25. The van der Waals surface area contributed by atoms with Crippen LogP contribution in [0.2, 0.25) is 0 Å². The van der Waals surface area contributed by atoms with Crippen LogP contribution >= 0.6 is 0 Å². The second-order valence-corrected chi connectivity index (χ2v) is 7.05. The maximum Gasteiger partial charge on any atom is 0.185 e. The summed E-state index contributed by atoms with van der Waals surface area (Å²) in [6.07, 6.45) is 9.72. The highest BCUT2D eigenvalue weighted by atomic mass is 16.5. The van der Waals surface area contributed by atoms with Crippen LogP contribution < -0.4 is 21.5 Å². The van der Waals surface area contributed by atoms with Gasteiger partial charge in [0.05, 0.1) is 18.3 Å². The molecule has 0 saturated heterocycles. The van der Waals surface area contributed by atoms with Gasteiger partial charge >= 0.3 is 0 Å². The molecule has 31 heavy (non-hydrogen) atoms. The molecule has 1 aromatic carbocycles. The van der Waals surface area contributed by atoms with E-state index in [4.69, 9.17) is 21.2 Å². The molecule has 0 radical (unpaired) electrons. The zero-order valence-corrected chi connectivity index (χ0v) is 17.8. The van der Waals surface area contributed by atoms with Crippen molar-refractivity contribution in [3.05, 3.63) is 54.1 Å². The van der Waals surface area contributed by atoms with Crippen molar-refractivity contribution in [2.45, 2.75) is 25.7 Å². The highest BCUT2D eigenvalue weighted by Gasteiger charge is 2.08. The summed E-state index contributed by atoms with van der Waals surface area (Å²) >= 11 is 0. The number of anilines is 1. The minimum absolute atomic E-state index is 0.153. The van der Waals surface area contributed by atoms with E-state index in [0.29, 0.717) is 12.4 Å². The van der Waals surface area contributed by atoms with E-state index >= 15 is 0 Å². The predicted molar refractivity (Wildman–Crippen MR) is 127 cm³/mol. The lowest BCUT2D eigenvalue weighted by atomic mass is 10.2. The number of hydrogen-bond acceptors (Lipinski definition) is 6. The van der Waals surface area contributed by atoms with Crippen molar-refractivity contribution in [2.24, 2.45) is 16.5 Å². The van der Waals surface area contributed by atoms with Crippen LogP contribution in [0, 0.1) is 0 Å². The monoisotopic (exact) mass is 419 g/mol. The highest BCUT2D eigenvalue weighted by molar-refractivity contribution is 5.91. The molecule has 0 aliphatic rings. The average Bonchev–Trinajstić information content (AvgIpc) is 2.79. The van der Waals surface area contributed by atoms with Crippen LogP contribution in [0.3, 0.4) is 0 Å². The summed E-state index contributed by atoms with van der Waals surface area (Å²) in [6, 6.07) is 11.6. The lowest BCUT2D eigenvalue weighted by Crippen LogP contribution is -2.22. The molecule has 0 aliphatic carbocycles. The topological polar surface area (TPSA) is 124 Å². The number of ether oxygens (including phenoxy) is 1. The maximum atomic E-state index is 5.38. The molecular formula is C23H29N7O. The van der Waals surface area contributed by atoms with Crippen LogP contribution in [0.15, 0.2) is 47.6 Å². The first-order valence-electron chi connectivity index (χ1n) is 10.4. The smallest absolute Gasteiger partial charge is 0.185 e. The fraction of sp³-hybridized carbons (Fsp3) is 0.304. The van der Waals surface area contributed by atoms with E-state index in [-0.39, 0.29) is 5.96 Å². The standard InChI is InChI=1S/C23H29N7O/c1-31-18-10-11-20-19(16-18)22(27-14-5-2-3-6-15-28-23(24)25)30-21(29-20)12-9-17-8-4-7-13-26-17/h4,7-13,16H,2-3,5-6,14-15H2,1H3,(H4,24,25,28)(H,27,29,30)/b12-9+. The van der Waals surface area contributed by atoms with Gasteiger partial charge in [0.1, 0.15) is 11.6 Å². The van der Waals surface area contributed by atoms with E-state index in [2.05, 4.69) is 20.3 Å². The molecular weight excluding hydrogens is 390 g/mol. The number of nitrogens with two attached hydrogens (primary N) is 2. The molecule has 0 atom stereocenters. The summed E-state index contributed by atoms with van der Waals surface area (Å²) in [5.74, 6) is 2.35. The molecule has 2 heterocycles. The van der Waals surface area contributed by atoms with Crippen molar-refractivity contribution in [2.75, 3.05) is 25.5 Å². The molecule has 0 bridgehead atoms. The minimum atomic E-state index is 0.153. The number of pyridine rings is 1. The van der Waals surface area contributed by atoms with Gasteiger partial charge in [0, 0.05) is 24.7 Å². The first-order chi connectivity index (χ1) is 15.2. The third-order valence-corrected chi connectivity index (χ3v) is 4.68. The van der Waals surface area contributed by atoms with Gasteiger partial charge in [-0.05, 0) is 55.3 Å². The van der Waals surface area contributed by atoms with Crippen molar-refractivity contribution in [1.82, 2.24) is 15.0 Å². The fourth-order valence-corrected chi connectivity index (χ4v) is 3.10. The molecule has 5 N–H and O–H groups in total. The number of fused-ring (bicyclic) bond motifs is 1. The van der Waals surface area contributed by atoms with Gasteiger partial charge < -0.3 is 21.5 Å². The van der Waals surface area contributed by atoms with Gasteiger partial charge in [0.2, 0.25) is 0 Å². The maximum absolute atomic E-state index is 5.38. The van der Waals surface area contributed by atoms with E-state index in [0.717, 1.165) is 60.4 Å². The van der Waals surface area contributed by atoms with Gasteiger partial charge in [0.25, 0.3) is 0 Å². The molecule has 8 nitrogen and oxygen atoms in total. The Labute approximate surface area is 182 Å². The van der Waals surface area contributed by atoms with Gasteiger partial charge in [0.15, 0.2) is 11.8 Å². The lowest BCUT2D eigenvalue weighted by molar-refractivity contribution is 0.415. The Balaban J connectivity index is 1.68. The number of methoxy groups -OCH3 is 1. The quantitative estimate of drug-likeness (QED) is 0.247. The number of unbranched alkanes of at least 4 members (excludes halogenated alkanes) is 3. The first-order valence-corrected chi connectivity index (χ1v) is 10.4. The Morgan fingerprint density at radius 3 is 2.71 bits per heavy atom. The third-order valence-electron chi connectivity index (χ3n) is 4.68. The van der Waals surface area contributed by atoms with Gasteiger partial charge in [-0.25, -0.2) is 9.97 Å². The average molecular weight is 420 g/mol. The second-order valence-electron chi connectivity index (χ2n) is 7.05. The van der Waals surface area contributed by atoms with Crippen LogP contribution in [-0.4, -0.2) is 41.1 Å². The van der Waals surface area contributed by atoms with Crippen LogP contribution in [-0.2, 0) is 0 Å². The Bertz CT molecular complexity index is 1030. The molecule has 0 fully saturated rings. The molecule has 2 aromatic heterocycles. The predicted octanol–water partition coefficient (Wildman–Crippen LogP) is 3.45. The molecule has 0 aliphatic heterocycles. The molecule has 0 unspecified atom stereocenters. The number of rotatable bonds is 11. The summed E-state index contributed by atoms with van der Waals surface area (Å²) in [5, 5.41) is 4.40. The van der Waals surface area contributed by atoms with Crippen LogP contribution in [0.25, 0.3) is 23.1 Å². The van der Waals surface area contributed by atoms with E-state index in [1.54, 1.807) is 13.3 Å². The Morgan fingerprint density at radius 1 is 1.06 bits per heavy atom. The first kappa shape index (κ1) is 22.0. The summed E-state index contributed by atoms with van der Waals surface area (Å²) in [5.41, 5.74) is 12.4. The minimum Gasteiger partial charge on any atom is -0.497 e. The van der Waals surface area contributed by atoms with Crippen molar-refractivity contribution in [1.29, 1.82) is 0 Å². The number of hydrogen-bond donors (Lipinski definition) is 3. The van der Waals surface area contributed by atoms with Gasteiger partial charge in [-0.3, -0.25) is 9.98 Å². The Morgan fingerprint density at radius 2 is 1.94 bits per heavy atom. The van der Waals surface area contributed by atoms with E-state index in [9.17, 15) is 0 Å². The van der Waals surface area contributed by atoms with Crippen LogP contribution in [0.5, 0.6) is 5.75 Å². The fourth-order valence-electron chi connectivity index (χ4n) is 3.10. The Kier molecular flexibility index (Phi) is 8.16. The number of guanidine groups is 1. The molecule has 3 aromatic rings. The number of aromatic nitrogens is 3. The molecule has 3 rings (SSSR count). The zero-order valence-electron chi connectivity index (χ0n) is 17.8. The van der Waals surface area contributed by atoms with Gasteiger partial charge in [-0.2, -0.15) is 0 Å². The van der Waals surface area contributed by atoms with E-state index in [1.165, 1.54) is 0 Å². The normalized spacial score (nSPS) is 11.0. The number of nitrogens with zero attached hydrogens (tertiary/aromatic N) is 4. The largest absolute Gasteiger partial charge is 0.497 e. The molecule has 8 heteroatoms. The molecule has 0 saturated carbocycles. The van der Waals surface area contributed by atoms with Crippen LogP contribution in [0.1, 0.15) is 37.2 Å². The third kappa shape index (κ3) is 6.95. The Hall–Kier alpha value is -3.68. The summed E-state index contributed by atoms with van der Waals surface area (Å²) in [6.45, 7) is 1.49. The zero-order chi connectivity index (χ0) is 21.9. The second kappa shape index (κ2) is 11.5. The summed E-state index contributed by atoms with van der Waals surface area (Å²) in [4.78, 5) is 17.7. The lowest BCUT2D eigenvalue weighted by Gasteiger charge is -2.11. The van der Waals surface area contributed by atoms with Crippen molar-refractivity contribution in [3.63, 3.8) is 0 Å². The van der Waals surface area contributed by atoms with E-state index < -0.39 is 0 Å². The van der Waals surface area contributed by atoms with Gasteiger partial charge in [-0.1, -0.05) is 18.9 Å². The van der Waals surface area contributed by atoms with Crippen LogP contribution in [0.4, 0.5) is 5.82 Å². The number of aliphatic imine (C=N–C) groups is 1. The summed E-state index contributed by atoms with van der Waals surface area (Å²) < 4.78 is 5.38. The number of nitrogens with one attached hydrogen (secondary N) is 1. The molecule has 0 spiro atoms. The molecule has 0 amide bonds. The van der Waals surface area contributed by atoms with Gasteiger partial charge in [-0.15, -0.1) is 0 Å². The molecule has 162 valence electrons. The SMILES string of the molecule is COc1ccc2nc(/C=C/c3ccccn3)nc(NCCCCCCN=C(N)N)c2c1. The number of benzene rings is 1. The van der Waals surface area contributed by atoms with Crippen molar-refractivity contribution in [3.8, 4) is 5.75 Å². The van der Waals surface area contributed by atoms with E-state index in [1.807, 2.05) is 48.6 Å². The van der Waals surface area contributed by atoms with Crippen molar-refractivity contribution < 1.29 is 4.74 Å². The summed E-state index contributed by atoms with van der Waals surface area (Å²) in [7, 11) is 1.65. The van der Waals surface area contributed by atoms with Crippen molar-refractivity contribution >= 4 is 34.8 Å².